The van der Waals surface area contributed by atoms with Gasteiger partial charge in [-0.25, -0.2) is 0 Å². The van der Waals surface area contributed by atoms with Gasteiger partial charge in [0.25, 0.3) is 0 Å². The molecule has 1 saturated heterocycles. The van der Waals surface area contributed by atoms with Gasteiger partial charge in [0.2, 0.25) is 0 Å². The second kappa shape index (κ2) is 3.75. The molecule has 0 aromatic rings. The molecule has 0 unspecified atom stereocenters. The summed E-state index contributed by atoms with van der Waals surface area (Å²) in [5, 5.41) is 13.3. The average Bonchev–Trinajstić information content (AvgIpc) is 2.03. The molecule has 2 heteroatoms. The van der Waals surface area contributed by atoms with E-state index in [1.807, 2.05) is 0 Å². The van der Waals surface area contributed by atoms with Gasteiger partial charge < -0.3 is 10.4 Å². The first-order chi connectivity index (χ1) is 5.52. The Balaban J connectivity index is 2.45. The zero-order valence-corrected chi connectivity index (χ0v) is 8.43. The molecule has 72 valence electrons. The van der Waals surface area contributed by atoms with Gasteiger partial charge in [-0.05, 0) is 24.8 Å². The summed E-state index contributed by atoms with van der Waals surface area (Å²) in [5.74, 6) is 0. The van der Waals surface area contributed by atoms with Crippen molar-refractivity contribution in [3.8, 4) is 0 Å². The highest BCUT2D eigenvalue weighted by Gasteiger charge is 2.30. The molecule has 1 aliphatic heterocycles. The molecule has 0 saturated carbocycles. The van der Waals surface area contributed by atoms with Crippen molar-refractivity contribution < 1.29 is 5.11 Å². The molecule has 1 rings (SSSR count). The van der Waals surface area contributed by atoms with Gasteiger partial charge in [0, 0.05) is 6.04 Å². The minimum absolute atomic E-state index is 0.00894. The molecular weight excluding hydrogens is 150 g/mol. The van der Waals surface area contributed by atoms with Crippen molar-refractivity contribution >= 4 is 0 Å². The molecular formula is C10H21NO. The van der Waals surface area contributed by atoms with Crippen LogP contribution in [0.1, 0.15) is 40.0 Å². The van der Waals surface area contributed by atoms with Gasteiger partial charge >= 0.3 is 0 Å². The summed E-state index contributed by atoms with van der Waals surface area (Å²) in [4.78, 5) is 0. The van der Waals surface area contributed by atoms with E-state index in [4.69, 9.17) is 0 Å². The Bertz CT molecular complexity index is 133. The van der Waals surface area contributed by atoms with Crippen LogP contribution in [-0.4, -0.2) is 23.8 Å². The Hall–Kier alpha value is -0.0800. The second-order valence-corrected chi connectivity index (χ2v) is 4.87. The minimum atomic E-state index is -0.210. The lowest BCUT2D eigenvalue weighted by Gasteiger charge is -2.35. The lowest BCUT2D eigenvalue weighted by molar-refractivity contribution is 0.0209. The molecule has 1 heterocycles. The van der Waals surface area contributed by atoms with E-state index in [1.54, 1.807) is 0 Å². The minimum Gasteiger partial charge on any atom is -0.391 e. The number of aliphatic hydroxyl groups excluding tert-OH is 1. The predicted octanol–water partition coefficient (Wildman–Crippen LogP) is 1.54. The van der Waals surface area contributed by atoms with E-state index in [0.717, 1.165) is 13.0 Å². The first-order valence-corrected chi connectivity index (χ1v) is 4.93. The molecule has 1 aliphatic rings. The fourth-order valence-corrected chi connectivity index (χ4v) is 1.75. The third-order valence-electron chi connectivity index (χ3n) is 2.62. The number of aliphatic hydroxyl groups is 1. The van der Waals surface area contributed by atoms with E-state index in [1.165, 1.54) is 12.8 Å². The Morgan fingerprint density at radius 3 is 2.42 bits per heavy atom. The largest absolute Gasteiger partial charge is 0.391 e. The van der Waals surface area contributed by atoms with Crippen LogP contribution in [0, 0.1) is 5.41 Å². The highest BCUT2D eigenvalue weighted by atomic mass is 16.3. The molecule has 2 nitrogen and oxygen atoms in total. The van der Waals surface area contributed by atoms with Gasteiger partial charge in [0.15, 0.2) is 0 Å². The van der Waals surface area contributed by atoms with Crippen molar-refractivity contribution in [3.05, 3.63) is 0 Å². The zero-order valence-electron chi connectivity index (χ0n) is 8.43. The molecule has 0 radical (unpaired) electrons. The smallest absolute Gasteiger partial charge is 0.0741 e. The molecule has 12 heavy (non-hydrogen) atoms. The first-order valence-electron chi connectivity index (χ1n) is 4.93. The maximum absolute atomic E-state index is 9.95. The normalized spacial score (nSPS) is 28.5. The van der Waals surface area contributed by atoms with E-state index in [0.29, 0.717) is 6.04 Å². The highest BCUT2D eigenvalue weighted by Crippen LogP contribution is 2.25. The third-order valence-corrected chi connectivity index (χ3v) is 2.62. The Morgan fingerprint density at radius 2 is 2.00 bits per heavy atom. The Morgan fingerprint density at radius 1 is 1.33 bits per heavy atom. The molecule has 0 aromatic heterocycles. The van der Waals surface area contributed by atoms with Crippen molar-refractivity contribution in [2.24, 2.45) is 5.41 Å². The predicted molar refractivity (Wildman–Crippen MR) is 51.1 cm³/mol. The van der Waals surface area contributed by atoms with E-state index in [2.05, 4.69) is 26.1 Å². The van der Waals surface area contributed by atoms with Crippen molar-refractivity contribution in [1.29, 1.82) is 0 Å². The van der Waals surface area contributed by atoms with Gasteiger partial charge in [0.05, 0.1) is 6.10 Å². The van der Waals surface area contributed by atoms with Gasteiger partial charge in [-0.15, -0.1) is 0 Å². The fraction of sp³-hybridized carbons (Fsp3) is 1.00. The molecule has 0 amide bonds. The lowest BCUT2D eigenvalue weighted by atomic mass is 9.82. The van der Waals surface area contributed by atoms with Crippen LogP contribution in [0.4, 0.5) is 0 Å². The molecule has 2 atom stereocenters. The molecule has 0 spiro atoms. The summed E-state index contributed by atoms with van der Waals surface area (Å²) in [5.41, 5.74) is 0.00894. The average molecular weight is 171 g/mol. The maximum Gasteiger partial charge on any atom is 0.0741 e. The van der Waals surface area contributed by atoms with Crippen LogP contribution in [0.15, 0.2) is 0 Å². The van der Waals surface area contributed by atoms with Crippen LogP contribution in [-0.2, 0) is 0 Å². The quantitative estimate of drug-likeness (QED) is 0.627. The lowest BCUT2D eigenvalue weighted by Crippen LogP contribution is -2.48. The van der Waals surface area contributed by atoms with E-state index < -0.39 is 0 Å². The maximum atomic E-state index is 9.95. The summed E-state index contributed by atoms with van der Waals surface area (Å²) in [6.45, 7) is 7.34. The summed E-state index contributed by atoms with van der Waals surface area (Å²) >= 11 is 0. The highest BCUT2D eigenvalue weighted by molar-refractivity contribution is 4.86. The van der Waals surface area contributed by atoms with Crippen LogP contribution in [0.25, 0.3) is 0 Å². The van der Waals surface area contributed by atoms with Crippen LogP contribution >= 0.6 is 0 Å². The summed E-state index contributed by atoms with van der Waals surface area (Å²) in [6, 6.07) is 0.318. The van der Waals surface area contributed by atoms with Gasteiger partial charge in [0.1, 0.15) is 0 Å². The van der Waals surface area contributed by atoms with Gasteiger partial charge in [-0.1, -0.05) is 27.2 Å². The molecule has 0 aliphatic carbocycles. The van der Waals surface area contributed by atoms with Gasteiger partial charge in [-0.3, -0.25) is 0 Å². The number of hydrogen-bond acceptors (Lipinski definition) is 2. The van der Waals surface area contributed by atoms with Crippen molar-refractivity contribution in [2.75, 3.05) is 6.54 Å². The SMILES string of the molecule is CC(C)(C)[C@@H](O)[C@H]1CCCCN1. The van der Waals surface area contributed by atoms with Crippen LogP contribution in [0.2, 0.25) is 0 Å². The molecule has 0 bridgehead atoms. The number of nitrogens with one attached hydrogen (secondary N) is 1. The van der Waals surface area contributed by atoms with Crippen molar-refractivity contribution in [3.63, 3.8) is 0 Å². The second-order valence-electron chi connectivity index (χ2n) is 4.87. The van der Waals surface area contributed by atoms with E-state index >= 15 is 0 Å². The number of hydrogen-bond donors (Lipinski definition) is 2. The van der Waals surface area contributed by atoms with Crippen LogP contribution < -0.4 is 5.32 Å². The van der Waals surface area contributed by atoms with Crippen molar-refractivity contribution in [2.45, 2.75) is 52.2 Å². The van der Waals surface area contributed by atoms with Crippen molar-refractivity contribution in [1.82, 2.24) is 5.32 Å². The monoisotopic (exact) mass is 171 g/mol. The summed E-state index contributed by atoms with van der Waals surface area (Å²) in [6.07, 6.45) is 3.43. The zero-order chi connectivity index (χ0) is 9.19. The third kappa shape index (κ3) is 2.46. The van der Waals surface area contributed by atoms with E-state index in [-0.39, 0.29) is 11.5 Å². The first kappa shape index (κ1) is 10.0. The number of piperidine rings is 1. The van der Waals surface area contributed by atoms with Crippen LogP contribution in [0.5, 0.6) is 0 Å². The topological polar surface area (TPSA) is 32.3 Å². The number of rotatable bonds is 1. The molecule has 2 N–H and O–H groups in total. The van der Waals surface area contributed by atoms with Gasteiger partial charge in [-0.2, -0.15) is 0 Å². The molecule has 0 aromatic carbocycles. The standard InChI is InChI=1S/C10H21NO/c1-10(2,3)9(12)8-6-4-5-7-11-8/h8-9,11-12H,4-7H2,1-3H3/t8-,9+/m1/s1. The van der Waals surface area contributed by atoms with E-state index in [9.17, 15) is 5.11 Å². The Kier molecular flexibility index (Phi) is 3.13. The summed E-state index contributed by atoms with van der Waals surface area (Å²) < 4.78 is 0. The van der Waals surface area contributed by atoms with Crippen LogP contribution in [0.3, 0.4) is 0 Å². The fourth-order valence-electron chi connectivity index (χ4n) is 1.75. The summed E-state index contributed by atoms with van der Waals surface area (Å²) in [7, 11) is 0. The molecule has 1 fully saturated rings. The Labute approximate surface area is 75.4 Å².